The molecule has 0 aliphatic carbocycles. The lowest BCUT2D eigenvalue weighted by Crippen LogP contribution is -2.13. The summed E-state index contributed by atoms with van der Waals surface area (Å²) in [6.45, 7) is 1.83. The summed E-state index contributed by atoms with van der Waals surface area (Å²) in [7, 11) is 0. The van der Waals surface area contributed by atoms with Gasteiger partial charge in [0.2, 0.25) is 0 Å². The molecule has 0 aromatic heterocycles. The molecule has 0 bridgehead atoms. The van der Waals surface area contributed by atoms with E-state index in [4.69, 9.17) is 23.2 Å². The predicted molar refractivity (Wildman–Crippen MR) is 88.0 cm³/mol. The number of carbonyl (C=O) groups is 1. The van der Waals surface area contributed by atoms with Crippen LogP contribution in [-0.2, 0) is 0 Å². The molecule has 1 unspecified atom stereocenters. The first-order valence-electron chi connectivity index (χ1n) is 6.09. The minimum absolute atomic E-state index is 0.277. The van der Waals surface area contributed by atoms with E-state index >= 15 is 0 Å². The molecule has 0 aliphatic rings. The van der Waals surface area contributed by atoms with Gasteiger partial charge in [0.25, 0.3) is 0 Å². The molecule has 0 fully saturated rings. The van der Waals surface area contributed by atoms with E-state index in [0.29, 0.717) is 21.2 Å². The zero-order valence-corrected chi connectivity index (χ0v) is 14.1. The number of carbonyl (C=O) groups excluding carboxylic acids is 1. The van der Waals surface area contributed by atoms with Crippen LogP contribution < -0.4 is 0 Å². The zero-order valence-electron chi connectivity index (χ0n) is 11.0. The van der Waals surface area contributed by atoms with Gasteiger partial charge in [0.1, 0.15) is 5.92 Å². The lowest BCUT2D eigenvalue weighted by Gasteiger charge is -2.13. The lowest BCUT2D eigenvalue weighted by atomic mass is 9.90. The Bertz CT molecular complexity index is 752. The Balaban J connectivity index is 2.49. The standard InChI is InChI=1S/C16H10BrCl2NO/c1-9-11(3-2-4-14(9)17)16(21)13(8-20)12-6-5-10(18)7-15(12)19/h2-7,13H,1H3. The molecule has 21 heavy (non-hydrogen) atoms. The normalized spacial score (nSPS) is 11.8. The van der Waals surface area contributed by atoms with Gasteiger partial charge < -0.3 is 0 Å². The first-order chi connectivity index (χ1) is 9.95. The third kappa shape index (κ3) is 3.29. The molecule has 0 amide bonds. The smallest absolute Gasteiger partial charge is 0.184 e. The molecule has 106 valence electrons. The second-order valence-electron chi connectivity index (χ2n) is 4.50. The van der Waals surface area contributed by atoms with Gasteiger partial charge in [-0.3, -0.25) is 4.79 Å². The molecule has 0 spiro atoms. The Labute approximate surface area is 141 Å². The summed E-state index contributed by atoms with van der Waals surface area (Å²) in [6, 6.07) is 12.1. The van der Waals surface area contributed by atoms with Crippen LogP contribution in [0.1, 0.15) is 27.4 Å². The van der Waals surface area contributed by atoms with Gasteiger partial charge >= 0.3 is 0 Å². The summed E-state index contributed by atoms with van der Waals surface area (Å²) in [4.78, 5) is 12.7. The van der Waals surface area contributed by atoms with Crippen LogP contribution in [0, 0.1) is 18.3 Å². The molecule has 2 rings (SSSR count). The summed E-state index contributed by atoms with van der Waals surface area (Å²) in [5.41, 5.74) is 1.77. The first-order valence-corrected chi connectivity index (χ1v) is 7.64. The minimum atomic E-state index is -0.956. The van der Waals surface area contributed by atoms with E-state index in [-0.39, 0.29) is 5.78 Å². The fourth-order valence-corrected chi connectivity index (χ4v) is 2.92. The second-order valence-corrected chi connectivity index (χ2v) is 6.20. The molecule has 5 heteroatoms. The van der Waals surface area contributed by atoms with Gasteiger partial charge in [-0.05, 0) is 36.2 Å². The highest BCUT2D eigenvalue weighted by molar-refractivity contribution is 9.10. The second kappa shape index (κ2) is 6.62. The van der Waals surface area contributed by atoms with Gasteiger partial charge in [-0.15, -0.1) is 0 Å². The van der Waals surface area contributed by atoms with E-state index in [1.165, 1.54) is 6.07 Å². The summed E-state index contributed by atoms with van der Waals surface area (Å²) in [6.07, 6.45) is 0. The number of nitriles is 1. The molecular formula is C16H10BrCl2NO. The van der Waals surface area contributed by atoms with E-state index in [9.17, 15) is 10.1 Å². The van der Waals surface area contributed by atoms with Crippen molar-refractivity contribution in [3.05, 3.63) is 67.6 Å². The molecule has 2 nitrogen and oxygen atoms in total. The van der Waals surface area contributed by atoms with Crippen molar-refractivity contribution in [3.8, 4) is 6.07 Å². The van der Waals surface area contributed by atoms with Crippen molar-refractivity contribution in [1.29, 1.82) is 5.26 Å². The van der Waals surface area contributed by atoms with E-state index in [1.807, 2.05) is 19.1 Å². The molecule has 0 saturated carbocycles. The van der Waals surface area contributed by atoms with Gasteiger partial charge in [-0.2, -0.15) is 5.26 Å². The molecule has 2 aromatic carbocycles. The third-order valence-electron chi connectivity index (χ3n) is 3.20. The highest BCUT2D eigenvalue weighted by Crippen LogP contribution is 2.31. The van der Waals surface area contributed by atoms with E-state index in [1.54, 1.807) is 24.3 Å². The van der Waals surface area contributed by atoms with Gasteiger partial charge in [-0.25, -0.2) is 0 Å². The number of hydrogen-bond donors (Lipinski definition) is 0. The van der Waals surface area contributed by atoms with Crippen LogP contribution in [-0.4, -0.2) is 5.78 Å². The Morgan fingerprint density at radius 2 is 2.00 bits per heavy atom. The number of halogens is 3. The minimum Gasteiger partial charge on any atom is -0.292 e. The Morgan fingerprint density at radius 1 is 1.29 bits per heavy atom. The molecule has 2 aromatic rings. The topological polar surface area (TPSA) is 40.9 Å². The molecule has 0 saturated heterocycles. The fraction of sp³-hybridized carbons (Fsp3) is 0.125. The number of ketones is 1. The summed E-state index contributed by atoms with van der Waals surface area (Å²) in [5.74, 6) is -1.23. The van der Waals surface area contributed by atoms with Crippen molar-refractivity contribution in [3.63, 3.8) is 0 Å². The Kier molecular flexibility index (Phi) is 5.05. The lowest BCUT2D eigenvalue weighted by molar-refractivity contribution is 0.0978. The SMILES string of the molecule is Cc1c(Br)cccc1C(=O)C(C#N)c1ccc(Cl)cc1Cl. The molecule has 0 N–H and O–H groups in total. The maximum atomic E-state index is 12.7. The highest BCUT2D eigenvalue weighted by Gasteiger charge is 2.25. The quantitative estimate of drug-likeness (QED) is 0.652. The fourth-order valence-electron chi connectivity index (χ4n) is 2.03. The first kappa shape index (κ1) is 16.0. The van der Waals surface area contributed by atoms with Crippen molar-refractivity contribution < 1.29 is 4.79 Å². The molecule has 1 atom stereocenters. The van der Waals surface area contributed by atoms with Crippen LogP contribution in [0.15, 0.2) is 40.9 Å². The van der Waals surface area contributed by atoms with Gasteiger partial charge in [0, 0.05) is 20.1 Å². The largest absolute Gasteiger partial charge is 0.292 e. The molecule has 0 aliphatic heterocycles. The van der Waals surface area contributed by atoms with Gasteiger partial charge in [0.15, 0.2) is 5.78 Å². The zero-order chi connectivity index (χ0) is 15.6. The van der Waals surface area contributed by atoms with Crippen LogP contribution in [0.5, 0.6) is 0 Å². The number of Topliss-reactive ketones (excluding diaryl/α,β-unsaturated/α-hetero) is 1. The monoisotopic (exact) mass is 381 g/mol. The van der Waals surface area contributed by atoms with Crippen molar-refractivity contribution >= 4 is 44.9 Å². The van der Waals surface area contributed by atoms with Crippen molar-refractivity contribution in [2.45, 2.75) is 12.8 Å². The predicted octanol–water partition coefficient (Wildman–Crippen LogP) is 5.55. The number of benzene rings is 2. The number of rotatable bonds is 3. The maximum absolute atomic E-state index is 12.7. The maximum Gasteiger partial charge on any atom is 0.184 e. The highest BCUT2D eigenvalue weighted by atomic mass is 79.9. The Hall–Kier alpha value is -1.34. The number of nitrogens with zero attached hydrogens (tertiary/aromatic N) is 1. The summed E-state index contributed by atoms with van der Waals surface area (Å²) < 4.78 is 0.826. The molecular weight excluding hydrogens is 373 g/mol. The van der Waals surface area contributed by atoms with E-state index < -0.39 is 5.92 Å². The van der Waals surface area contributed by atoms with Crippen molar-refractivity contribution in [2.75, 3.05) is 0 Å². The van der Waals surface area contributed by atoms with Crippen LogP contribution >= 0.6 is 39.1 Å². The van der Waals surface area contributed by atoms with Gasteiger partial charge in [0.05, 0.1) is 6.07 Å². The van der Waals surface area contributed by atoms with Crippen LogP contribution in [0.2, 0.25) is 10.0 Å². The Morgan fingerprint density at radius 3 is 2.62 bits per heavy atom. The average molecular weight is 383 g/mol. The summed E-state index contributed by atoms with van der Waals surface area (Å²) >= 11 is 15.3. The third-order valence-corrected chi connectivity index (χ3v) is 4.62. The molecule has 0 radical (unpaired) electrons. The summed E-state index contributed by atoms with van der Waals surface area (Å²) in [5, 5.41) is 10.2. The van der Waals surface area contributed by atoms with Crippen molar-refractivity contribution in [1.82, 2.24) is 0 Å². The van der Waals surface area contributed by atoms with Crippen LogP contribution in [0.25, 0.3) is 0 Å². The van der Waals surface area contributed by atoms with Crippen LogP contribution in [0.3, 0.4) is 0 Å². The van der Waals surface area contributed by atoms with Crippen LogP contribution in [0.4, 0.5) is 0 Å². The number of hydrogen-bond acceptors (Lipinski definition) is 2. The van der Waals surface area contributed by atoms with Gasteiger partial charge in [-0.1, -0.05) is 57.3 Å². The van der Waals surface area contributed by atoms with Crippen molar-refractivity contribution in [2.24, 2.45) is 0 Å². The van der Waals surface area contributed by atoms with E-state index in [0.717, 1.165) is 10.0 Å². The van der Waals surface area contributed by atoms with E-state index in [2.05, 4.69) is 15.9 Å². The average Bonchev–Trinajstić information content (AvgIpc) is 2.44. The molecule has 0 heterocycles.